The quantitative estimate of drug-likeness (QED) is 0.624. The number of hydrogen-bond acceptors (Lipinski definition) is 3. The first kappa shape index (κ1) is 19.4. The number of hydrogen-bond donors (Lipinski definition) is 0. The molecule has 0 aromatic heterocycles. The third kappa shape index (κ3) is 4.39. The van der Waals surface area contributed by atoms with Gasteiger partial charge in [-0.15, -0.1) is 0 Å². The number of ketones is 1. The number of carbonyl (C=O) groups is 1. The Kier molecular flexibility index (Phi) is 5.98. The van der Waals surface area contributed by atoms with Gasteiger partial charge in [-0.05, 0) is 80.8 Å². The van der Waals surface area contributed by atoms with Crippen LogP contribution >= 0.6 is 11.6 Å². The Hall–Kier alpha value is -1.91. The van der Waals surface area contributed by atoms with Crippen LogP contribution in [0.2, 0.25) is 5.02 Å². The monoisotopic (exact) mass is 400 g/mol. The number of likely N-dealkylation sites (tertiary alicyclic amines) is 1. The van der Waals surface area contributed by atoms with E-state index < -0.39 is 0 Å². The Balaban J connectivity index is 1.32. The van der Waals surface area contributed by atoms with Gasteiger partial charge in [0.25, 0.3) is 0 Å². The molecule has 5 heteroatoms. The minimum absolute atomic E-state index is 0.0964. The van der Waals surface area contributed by atoms with Gasteiger partial charge in [0.1, 0.15) is 5.82 Å². The third-order valence-electron chi connectivity index (χ3n) is 6.04. The van der Waals surface area contributed by atoms with Gasteiger partial charge in [0.05, 0.1) is 0 Å². The van der Waals surface area contributed by atoms with Gasteiger partial charge in [0, 0.05) is 47.9 Å². The highest BCUT2D eigenvalue weighted by atomic mass is 35.5. The fourth-order valence-electron chi connectivity index (χ4n) is 4.63. The van der Waals surface area contributed by atoms with E-state index in [0.29, 0.717) is 24.1 Å². The molecular formula is C23H26ClFN2O. The van der Waals surface area contributed by atoms with Crippen molar-refractivity contribution in [3.05, 3.63) is 64.9 Å². The van der Waals surface area contributed by atoms with E-state index in [0.717, 1.165) is 37.5 Å². The van der Waals surface area contributed by atoms with Crippen molar-refractivity contribution in [2.75, 3.05) is 24.5 Å². The van der Waals surface area contributed by atoms with Gasteiger partial charge >= 0.3 is 0 Å². The zero-order chi connectivity index (χ0) is 19.5. The van der Waals surface area contributed by atoms with Crippen LogP contribution in [-0.4, -0.2) is 42.4 Å². The summed E-state index contributed by atoms with van der Waals surface area (Å²) in [6, 6.07) is 15.2. The second-order valence-corrected chi connectivity index (χ2v) is 8.33. The van der Waals surface area contributed by atoms with E-state index in [-0.39, 0.29) is 11.6 Å². The van der Waals surface area contributed by atoms with E-state index in [1.165, 1.54) is 30.7 Å². The van der Waals surface area contributed by atoms with Gasteiger partial charge in [-0.2, -0.15) is 0 Å². The molecule has 0 radical (unpaired) electrons. The third-order valence-corrected chi connectivity index (χ3v) is 6.29. The summed E-state index contributed by atoms with van der Waals surface area (Å²) in [6.07, 6.45) is 4.99. The predicted molar refractivity (Wildman–Crippen MR) is 112 cm³/mol. The maximum atomic E-state index is 13.0. The molecule has 2 atom stereocenters. The second kappa shape index (κ2) is 8.62. The minimum atomic E-state index is -0.304. The summed E-state index contributed by atoms with van der Waals surface area (Å²) in [5.41, 5.74) is 1.87. The molecule has 3 nitrogen and oxygen atoms in total. The lowest BCUT2D eigenvalue weighted by Crippen LogP contribution is -2.39. The Morgan fingerprint density at radius 1 is 1.00 bits per heavy atom. The van der Waals surface area contributed by atoms with E-state index in [1.54, 1.807) is 12.1 Å². The maximum absolute atomic E-state index is 13.0. The molecule has 2 fully saturated rings. The van der Waals surface area contributed by atoms with E-state index in [2.05, 4.69) is 21.9 Å². The van der Waals surface area contributed by atoms with Crippen molar-refractivity contribution in [3.63, 3.8) is 0 Å². The molecule has 2 unspecified atom stereocenters. The van der Waals surface area contributed by atoms with Crippen molar-refractivity contribution in [2.45, 2.75) is 44.2 Å². The van der Waals surface area contributed by atoms with Crippen LogP contribution in [0.3, 0.4) is 0 Å². The molecule has 2 bridgehead atoms. The maximum Gasteiger partial charge on any atom is 0.162 e. The summed E-state index contributed by atoms with van der Waals surface area (Å²) in [7, 11) is 0. The zero-order valence-corrected chi connectivity index (χ0v) is 16.7. The molecule has 28 heavy (non-hydrogen) atoms. The second-order valence-electron chi connectivity index (χ2n) is 7.89. The van der Waals surface area contributed by atoms with Gasteiger partial charge in [-0.25, -0.2) is 4.39 Å². The molecule has 0 N–H and O–H groups in total. The summed E-state index contributed by atoms with van der Waals surface area (Å²) >= 11 is 6.06. The van der Waals surface area contributed by atoms with Crippen LogP contribution in [0.25, 0.3) is 0 Å². The van der Waals surface area contributed by atoms with Crippen LogP contribution in [0.4, 0.5) is 10.1 Å². The fraction of sp³-hybridized carbons (Fsp3) is 0.435. The summed E-state index contributed by atoms with van der Waals surface area (Å²) in [5.74, 6) is -0.208. The van der Waals surface area contributed by atoms with Crippen LogP contribution in [0.15, 0.2) is 48.5 Å². The lowest BCUT2D eigenvalue weighted by Gasteiger charge is -2.31. The van der Waals surface area contributed by atoms with Crippen molar-refractivity contribution in [1.82, 2.24) is 4.90 Å². The zero-order valence-electron chi connectivity index (χ0n) is 16.0. The number of Topliss-reactive ketones (excluding diaryl/α,β-unsaturated/α-hetero) is 1. The van der Waals surface area contributed by atoms with E-state index in [4.69, 9.17) is 11.6 Å². The first-order valence-corrected chi connectivity index (χ1v) is 10.5. The first-order chi connectivity index (χ1) is 13.6. The molecule has 0 aliphatic carbocycles. The highest BCUT2D eigenvalue weighted by molar-refractivity contribution is 6.30. The molecule has 148 valence electrons. The van der Waals surface area contributed by atoms with Crippen molar-refractivity contribution in [1.29, 1.82) is 0 Å². The number of fused-ring (bicyclic) bond motifs is 2. The van der Waals surface area contributed by atoms with Gasteiger partial charge in [0.15, 0.2) is 5.78 Å². The number of nitrogens with zero attached hydrogens (tertiary/aromatic N) is 2. The summed E-state index contributed by atoms with van der Waals surface area (Å²) in [5, 5.41) is 0.776. The Morgan fingerprint density at radius 3 is 2.46 bits per heavy atom. The van der Waals surface area contributed by atoms with Crippen LogP contribution < -0.4 is 4.90 Å². The van der Waals surface area contributed by atoms with Crippen LogP contribution in [0.1, 0.15) is 42.5 Å². The Labute approximate surface area is 171 Å². The topological polar surface area (TPSA) is 23.6 Å². The number of benzene rings is 2. The van der Waals surface area contributed by atoms with Gasteiger partial charge in [-0.3, -0.25) is 4.79 Å². The largest absolute Gasteiger partial charge is 0.364 e. The normalized spacial score (nSPS) is 22.3. The van der Waals surface area contributed by atoms with Crippen molar-refractivity contribution >= 4 is 23.1 Å². The molecular weight excluding hydrogens is 375 g/mol. The van der Waals surface area contributed by atoms with Gasteiger partial charge < -0.3 is 9.80 Å². The smallest absolute Gasteiger partial charge is 0.162 e. The van der Waals surface area contributed by atoms with E-state index in [9.17, 15) is 9.18 Å². The molecule has 0 saturated carbocycles. The van der Waals surface area contributed by atoms with E-state index in [1.807, 2.05) is 12.1 Å². The van der Waals surface area contributed by atoms with Crippen molar-refractivity contribution in [3.8, 4) is 0 Å². The average Bonchev–Trinajstić information content (AvgIpc) is 2.99. The molecule has 0 spiro atoms. The van der Waals surface area contributed by atoms with Gasteiger partial charge in [0.2, 0.25) is 0 Å². The summed E-state index contributed by atoms with van der Waals surface area (Å²) < 4.78 is 13.0. The lowest BCUT2D eigenvalue weighted by molar-refractivity contribution is 0.0974. The molecule has 2 saturated heterocycles. The van der Waals surface area contributed by atoms with Crippen LogP contribution in [0.5, 0.6) is 0 Å². The first-order valence-electron chi connectivity index (χ1n) is 10.2. The van der Waals surface area contributed by atoms with E-state index >= 15 is 0 Å². The molecule has 2 aliphatic rings. The van der Waals surface area contributed by atoms with Crippen LogP contribution in [0, 0.1) is 5.82 Å². The average molecular weight is 401 g/mol. The SMILES string of the molecule is O=C(CCCN1CCC2CCC(C1)N2c1ccc(Cl)cc1)c1ccc(F)cc1. The number of carbonyl (C=O) groups excluding carboxylic acids is 1. The molecule has 2 aromatic rings. The van der Waals surface area contributed by atoms with Crippen molar-refractivity contribution < 1.29 is 9.18 Å². The number of anilines is 1. The standard InChI is InChI=1S/C23H26ClFN2O/c24-18-5-9-20(10-6-18)27-21-11-12-22(27)16-26(15-13-21)14-1-2-23(28)17-3-7-19(25)8-4-17/h3-10,21-22H,1-2,11-16H2. The highest BCUT2D eigenvalue weighted by Crippen LogP contribution is 2.35. The minimum Gasteiger partial charge on any atom is -0.364 e. The van der Waals surface area contributed by atoms with Crippen LogP contribution in [-0.2, 0) is 0 Å². The molecule has 4 rings (SSSR count). The number of rotatable bonds is 6. The Morgan fingerprint density at radius 2 is 1.71 bits per heavy atom. The summed E-state index contributed by atoms with van der Waals surface area (Å²) in [6.45, 7) is 3.06. The molecule has 2 aliphatic heterocycles. The summed E-state index contributed by atoms with van der Waals surface area (Å²) in [4.78, 5) is 17.4. The van der Waals surface area contributed by atoms with Crippen molar-refractivity contribution in [2.24, 2.45) is 0 Å². The number of halogens is 2. The lowest BCUT2D eigenvalue weighted by atomic mass is 10.1. The fourth-order valence-corrected chi connectivity index (χ4v) is 4.75. The van der Waals surface area contributed by atoms with Gasteiger partial charge in [-0.1, -0.05) is 11.6 Å². The predicted octanol–water partition coefficient (Wildman–Crippen LogP) is 5.19. The Bertz CT molecular complexity index is 808. The molecule has 2 heterocycles. The molecule has 0 amide bonds. The highest BCUT2D eigenvalue weighted by Gasteiger charge is 2.37. The molecule has 2 aromatic carbocycles.